The van der Waals surface area contributed by atoms with Gasteiger partial charge in [-0.15, -0.1) is 0 Å². The number of carbonyl (C=O) groups excluding carboxylic acids is 1. The lowest BCUT2D eigenvalue weighted by Gasteiger charge is -2.06. The molecule has 0 aliphatic heterocycles. The molecule has 1 amide bonds. The lowest BCUT2D eigenvalue weighted by Crippen LogP contribution is -2.24. The summed E-state index contributed by atoms with van der Waals surface area (Å²) in [5, 5.41) is 11.7. The Kier molecular flexibility index (Phi) is 3.22. The molecular weight excluding hydrogens is 192 g/mol. The van der Waals surface area contributed by atoms with Gasteiger partial charge in [-0.2, -0.15) is 0 Å². The third kappa shape index (κ3) is 3.01. The normalized spacial score (nSPS) is 12.2. The zero-order chi connectivity index (χ0) is 9.84. The molecule has 1 heterocycles. The van der Waals surface area contributed by atoms with Crippen LogP contribution >= 0.6 is 11.6 Å². The smallest absolute Gasteiger partial charge is 0.252 e. The van der Waals surface area contributed by atoms with Gasteiger partial charge in [-0.3, -0.25) is 4.79 Å². The second-order valence-electron chi connectivity index (χ2n) is 2.53. The predicted molar refractivity (Wildman–Crippen MR) is 49.6 cm³/mol. The van der Waals surface area contributed by atoms with Crippen molar-refractivity contribution >= 4 is 23.2 Å². The molecule has 0 spiro atoms. The number of pyridine rings is 1. The van der Waals surface area contributed by atoms with E-state index in [0.29, 0.717) is 10.8 Å². The highest BCUT2D eigenvalue weighted by Crippen LogP contribution is 2.11. The van der Waals surface area contributed by atoms with Gasteiger partial charge in [-0.05, 0) is 19.1 Å². The molecule has 1 atom stereocenters. The van der Waals surface area contributed by atoms with E-state index in [1.54, 1.807) is 6.07 Å². The van der Waals surface area contributed by atoms with Crippen molar-refractivity contribution < 1.29 is 9.90 Å². The van der Waals surface area contributed by atoms with Gasteiger partial charge in [0, 0.05) is 11.9 Å². The molecule has 0 radical (unpaired) electrons. The zero-order valence-corrected chi connectivity index (χ0v) is 7.75. The van der Waals surface area contributed by atoms with Crippen LogP contribution in [0.15, 0.2) is 18.3 Å². The average Bonchev–Trinajstić information content (AvgIpc) is 2.04. The second kappa shape index (κ2) is 4.20. The quantitative estimate of drug-likeness (QED) is 0.702. The third-order valence-electron chi connectivity index (χ3n) is 1.37. The summed E-state index contributed by atoms with van der Waals surface area (Å²) in [5.74, 6) is -0.470. The lowest BCUT2D eigenvalue weighted by atomic mass is 10.3. The van der Waals surface area contributed by atoms with Crippen molar-refractivity contribution in [2.45, 2.75) is 13.0 Å². The van der Waals surface area contributed by atoms with E-state index < -0.39 is 12.0 Å². The highest BCUT2D eigenvalue weighted by atomic mass is 35.5. The van der Waals surface area contributed by atoms with E-state index in [0.717, 1.165) is 0 Å². The van der Waals surface area contributed by atoms with Crippen LogP contribution in [0.1, 0.15) is 6.92 Å². The molecule has 1 aromatic heterocycles. The van der Waals surface area contributed by atoms with Crippen molar-refractivity contribution in [3.05, 3.63) is 23.5 Å². The van der Waals surface area contributed by atoms with Gasteiger partial charge in [0.1, 0.15) is 11.3 Å². The van der Waals surface area contributed by atoms with Gasteiger partial charge in [0.25, 0.3) is 5.91 Å². The predicted octanol–water partition coefficient (Wildman–Crippen LogP) is 1.05. The first-order valence-corrected chi connectivity index (χ1v) is 4.08. The number of anilines is 1. The topological polar surface area (TPSA) is 62.2 Å². The van der Waals surface area contributed by atoms with Crippen molar-refractivity contribution in [3.63, 3.8) is 0 Å². The van der Waals surface area contributed by atoms with E-state index in [1.807, 2.05) is 0 Å². The molecule has 0 bridgehead atoms. The van der Waals surface area contributed by atoms with Gasteiger partial charge in [-0.1, -0.05) is 11.6 Å². The number of carbonyl (C=O) groups is 1. The maximum absolute atomic E-state index is 11.0. The molecular formula is C8H9ClN2O2. The number of aliphatic hydroxyl groups is 1. The van der Waals surface area contributed by atoms with Crippen LogP contribution < -0.4 is 5.32 Å². The molecule has 70 valence electrons. The Hall–Kier alpha value is -1.13. The minimum absolute atomic E-state index is 0.295. The standard InChI is InChI=1S/C8H9ClN2O2/c1-5(12)8(13)11-6-2-3-10-7(9)4-6/h2-5,12H,1H3,(H,10,11,13). The van der Waals surface area contributed by atoms with Crippen molar-refractivity contribution in [2.75, 3.05) is 5.32 Å². The number of nitrogens with zero attached hydrogens (tertiary/aromatic N) is 1. The summed E-state index contributed by atoms with van der Waals surface area (Å²) in [6.45, 7) is 1.39. The van der Waals surface area contributed by atoms with E-state index >= 15 is 0 Å². The zero-order valence-electron chi connectivity index (χ0n) is 6.99. The molecule has 1 aromatic rings. The summed E-state index contributed by atoms with van der Waals surface area (Å²) in [6, 6.07) is 3.09. The Morgan fingerprint density at radius 3 is 3.00 bits per heavy atom. The number of hydrogen-bond acceptors (Lipinski definition) is 3. The number of aliphatic hydroxyl groups excluding tert-OH is 1. The van der Waals surface area contributed by atoms with Gasteiger partial charge >= 0.3 is 0 Å². The van der Waals surface area contributed by atoms with Crippen molar-refractivity contribution in [1.82, 2.24) is 4.98 Å². The SMILES string of the molecule is CC(O)C(=O)Nc1ccnc(Cl)c1. The van der Waals surface area contributed by atoms with Crippen LogP contribution in [0.5, 0.6) is 0 Å². The Morgan fingerprint density at radius 2 is 2.46 bits per heavy atom. The molecule has 0 saturated carbocycles. The molecule has 0 aliphatic rings. The van der Waals surface area contributed by atoms with E-state index in [4.69, 9.17) is 16.7 Å². The molecule has 0 aromatic carbocycles. The number of nitrogens with one attached hydrogen (secondary N) is 1. The lowest BCUT2D eigenvalue weighted by molar-refractivity contribution is -0.123. The highest BCUT2D eigenvalue weighted by Gasteiger charge is 2.08. The minimum atomic E-state index is -1.04. The highest BCUT2D eigenvalue weighted by molar-refractivity contribution is 6.29. The van der Waals surface area contributed by atoms with Crippen LogP contribution in [0.4, 0.5) is 5.69 Å². The summed E-state index contributed by atoms with van der Waals surface area (Å²) >= 11 is 5.58. The molecule has 13 heavy (non-hydrogen) atoms. The fourth-order valence-corrected chi connectivity index (χ4v) is 0.901. The third-order valence-corrected chi connectivity index (χ3v) is 1.58. The number of amides is 1. The molecule has 1 rings (SSSR count). The maximum atomic E-state index is 11.0. The summed E-state index contributed by atoms with van der Waals surface area (Å²) in [6.07, 6.45) is 0.437. The fraction of sp³-hybridized carbons (Fsp3) is 0.250. The van der Waals surface area contributed by atoms with Gasteiger partial charge in [0.2, 0.25) is 0 Å². The fourth-order valence-electron chi connectivity index (χ4n) is 0.727. The van der Waals surface area contributed by atoms with E-state index in [1.165, 1.54) is 19.2 Å². The maximum Gasteiger partial charge on any atom is 0.252 e. The second-order valence-corrected chi connectivity index (χ2v) is 2.92. The largest absolute Gasteiger partial charge is 0.384 e. The van der Waals surface area contributed by atoms with Gasteiger partial charge in [-0.25, -0.2) is 4.98 Å². The Labute approximate surface area is 80.6 Å². The van der Waals surface area contributed by atoms with Crippen molar-refractivity contribution in [1.29, 1.82) is 0 Å². The minimum Gasteiger partial charge on any atom is -0.384 e. The average molecular weight is 201 g/mol. The number of rotatable bonds is 2. The van der Waals surface area contributed by atoms with Crippen LogP contribution in [0.25, 0.3) is 0 Å². The first kappa shape index (κ1) is 9.95. The first-order chi connectivity index (χ1) is 6.09. The summed E-state index contributed by atoms with van der Waals surface area (Å²) in [7, 11) is 0. The van der Waals surface area contributed by atoms with E-state index in [2.05, 4.69) is 10.3 Å². The van der Waals surface area contributed by atoms with Gasteiger partial charge < -0.3 is 10.4 Å². The Bertz CT molecular complexity index is 315. The summed E-state index contributed by atoms with van der Waals surface area (Å²) < 4.78 is 0. The number of halogens is 1. The van der Waals surface area contributed by atoms with Crippen LogP contribution in [0, 0.1) is 0 Å². The molecule has 0 saturated heterocycles. The van der Waals surface area contributed by atoms with E-state index in [-0.39, 0.29) is 0 Å². The number of hydrogen-bond donors (Lipinski definition) is 2. The number of aromatic nitrogens is 1. The van der Waals surface area contributed by atoms with Crippen LogP contribution in [0.3, 0.4) is 0 Å². The molecule has 5 heteroatoms. The van der Waals surface area contributed by atoms with Gasteiger partial charge in [0.05, 0.1) is 0 Å². The van der Waals surface area contributed by atoms with Crippen LogP contribution in [0.2, 0.25) is 5.15 Å². The Balaban J connectivity index is 2.69. The Morgan fingerprint density at radius 1 is 1.77 bits per heavy atom. The van der Waals surface area contributed by atoms with Crippen molar-refractivity contribution in [3.8, 4) is 0 Å². The van der Waals surface area contributed by atoms with Crippen molar-refractivity contribution in [2.24, 2.45) is 0 Å². The molecule has 0 aliphatic carbocycles. The van der Waals surface area contributed by atoms with E-state index in [9.17, 15) is 4.79 Å². The monoisotopic (exact) mass is 200 g/mol. The van der Waals surface area contributed by atoms with Crippen LogP contribution in [-0.4, -0.2) is 22.1 Å². The molecule has 4 nitrogen and oxygen atoms in total. The van der Waals surface area contributed by atoms with Gasteiger partial charge in [0.15, 0.2) is 0 Å². The van der Waals surface area contributed by atoms with Crippen LogP contribution in [-0.2, 0) is 4.79 Å². The summed E-state index contributed by atoms with van der Waals surface area (Å²) in [5.41, 5.74) is 0.519. The molecule has 2 N–H and O–H groups in total. The molecule has 0 fully saturated rings. The first-order valence-electron chi connectivity index (χ1n) is 3.70. The summed E-state index contributed by atoms with van der Waals surface area (Å²) in [4.78, 5) is 14.7. The molecule has 1 unspecified atom stereocenters.